The molecule has 0 unspecified atom stereocenters. The van der Waals surface area contributed by atoms with Gasteiger partial charge in [0.25, 0.3) is 0 Å². The monoisotopic (exact) mass is 142 g/mol. The van der Waals surface area contributed by atoms with Crippen LogP contribution < -0.4 is 11.5 Å². The van der Waals surface area contributed by atoms with E-state index in [4.69, 9.17) is 11.5 Å². The topological polar surface area (TPSA) is 76.8 Å². The van der Waals surface area contributed by atoms with Crippen LogP contribution in [0.1, 0.15) is 13.3 Å². The third kappa shape index (κ3) is 5.08. The highest BCUT2D eigenvalue weighted by atomic mass is 14.9. The van der Waals surface area contributed by atoms with Crippen LogP contribution in [0.2, 0.25) is 0 Å². The first-order chi connectivity index (χ1) is 4.66. The van der Waals surface area contributed by atoms with Gasteiger partial charge in [0.2, 0.25) is 0 Å². The summed E-state index contributed by atoms with van der Waals surface area (Å²) < 4.78 is 0. The van der Waals surface area contributed by atoms with Crippen LogP contribution in [0.3, 0.4) is 0 Å². The molecular formula is C6H14N4. The van der Waals surface area contributed by atoms with Gasteiger partial charge in [-0.25, -0.2) is 0 Å². The standard InChI is InChI=1S/C6H14N4/c1-5(7)10-4-3-6(8)9-2/h3-4H2,1-2H3,(H2,7,10)(H2,8,9). The van der Waals surface area contributed by atoms with E-state index in [1.54, 1.807) is 14.0 Å². The lowest BCUT2D eigenvalue weighted by molar-refractivity contribution is 1.02. The van der Waals surface area contributed by atoms with Crippen molar-refractivity contribution in [3.63, 3.8) is 0 Å². The van der Waals surface area contributed by atoms with E-state index in [2.05, 4.69) is 9.98 Å². The Kier molecular flexibility index (Phi) is 4.28. The van der Waals surface area contributed by atoms with Crippen LogP contribution in [0.25, 0.3) is 0 Å². The molecule has 0 saturated carbocycles. The number of amidine groups is 2. The summed E-state index contributed by atoms with van der Waals surface area (Å²) in [5, 5.41) is 0. The third-order valence-corrected chi connectivity index (χ3v) is 1.02. The average Bonchev–Trinajstić information content (AvgIpc) is 1.87. The van der Waals surface area contributed by atoms with Gasteiger partial charge in [0.15, 0.2) is 0 Å². The summed E-state index contributed by atoms with van der Waals surface area (Å²) in [5.74, 6) is 1.20. The normalized spacial score (nSPS) is 13.8. The molecule has 0 aromatic carbocycles. The Morgan fingerprint density at radius 3 is 2.40 bits per heavy atom. The van der Waals surface area contributed by atoms with Gasteiger partial charge in [-0.3, -0.25) is 9.98 Å². The van der Waals surface area contributed by atoms with Gasteiger partial charge in [0.1, 0.15) is 0 Å². The molecule has 0 atom stereocenters. The number of hydrogen-bond acceptors (Lipinski definition) is 2. The van der Waals surface area contributed by atoms with Crippen LogP contribution in [0.5, 0.6) is 0 Å². The van der Waals surface area contributed by atoms with E-state index >= 15 is 0 Å². The summed E-state index contributed by atoms with van der Waals surface area (Å²) in [5.41, 5.74) is 10.7. The minimum atomic E-state index is 0.587. The van der Waals surface area contributed by atoms with Gasteiger partial charge in [-0.1, -0.05) is 0 Å². The maximum absolute atomic E-state index is 5.40. The van der Waals surface area contributed by atoms with E-state index in [-0.39, 0.29) is 0 Å². The molecule has 4 N–H and O–H groups in total. The predicted molar refractivity (Wildman–Crippen MR) is 44.3 cm³/mol. The molecule has 0 aromatic heterocycles. The van der Waals surface area contributed by atoms with E-state index < -0.39 is 0 Å². The molecule has 0 amide bonds. The van der Waals surface area contributed by atoms with Crippen molar-refractivity contribution < 1.29 is 0 Å². The Bertz CT molecular complexity index is 144. The van der Waals surface area contributed by atoms with E-state index in [9.17, 15) is 0 Å². The van der Waals surface area contributed by atoms with Crippen molar-refractivity contribution in [2.75, 3.05) is 13.6 Å². The number of rotatable bonds is 3. The Hall–Kier alpha value is -1.06. The third-order valence-electron chi connectivity index (χ3n) is 1.02. The van der Waals surface area contributed by atoms with Gasteiger partial charge >= 0.3 is 0 Å². The largest absolute Gasteiger partial charge is 0.388 e. The quantitative estimate of drug-likeness (QED) is 0.420. The molecule has 0 rings (SSSR count). The summed E-state index contributed by atoms with van der Waals surface area (Å²) in [6.07, 6.45) is 0.686. The van der Waals surface area contributed by atoms with Crippen molar-refractivity contribution in [3.05, 3.63) is 0 Å². The maximum Gasteiger partial charge on any atom is 0.0952 e. The predicted octanol–water partition coefficient (Wildman–Crippen LogP) is -0.259. The highest BCUT2D eigenvalue weighted by Crippen LogP contribution is 1.80. The van der Waals surface area contributed by atoms with Crippen molar-refractivity contribution in [1.82, 2.24) is 0 Å². The molecule has 0 aliphatic carbocycles. The lowest BCUT2D eigenvalue weighted by Crippen LogP contribution is -2.14. The smallest absolute Gasteiger partial charge is 0.0952 e. The highest BCUT2D eigenvalue weighted by Gasteiger charge is 1.87. The van der Waals surface area contributed by atoms with Crippen molar-refractivity contribution in [1.29, 1.82) is 0 Å². The number of hydrogen-bond donors (Lipinski definition) is 2. The zero-order chi connectivity index (χ0) is 7.98. The fraction of sp³-hybridized carbons (Fsp3) is 0.667. The van der Waals surface area contributed by atoms with Gasteiger partial charge in [-0.15, -0.1) is 0 Å². The van der Waals surface area contributed by atoms with E-state index in [0.717, 1.165) is 0 Å². The molecule has 0 bridgehead atoms. The fourth-order valence-electron chi connectivity index (χ4n) is 0.459. The SMILES string of the molecule is CN=C(N)CCN=C(C)N. The molecule has 0 radical (unpaired) electrons. The minimum Gasteiger partial charge on any atom is -0.388 e. The van der Waals surface area contributed by atoms with Crippen molar-refractivity contribution in [2.45, 2.75) is 13.3 Å². The Morgan fingerprint density at radius 2 is 2.00 bits per heavy atom. The first-order valence-corrected chi connectivity index (χ1v) is 3.14. The van der Waals surface area contributed by atoms with Crippen molar-refractivity contribution in [2.24, 2.45) is 21.5 Å². The van der Waals surface area contributed by atoms with Crippen molar-refractivity contribution in [3.8, 4) is 0 Å². The molecule has 0 saturated heterocycles. The summed E-state index contributed by atoms with van der Waals surface area (Å²) in [4.78, 5) is 7.72. The number of nitrogens with two attached hydrogens (primary N) is 2. The fourth-order valence-corrected chi connectivity index (χ4v) is 0.459. The molecule has 0 aliphatic heterocycles. The summed E-state index contributed by atoms with van der Waals surface area (Å²) >= 11 is 0. The average molecular weight is 142 g/mol. The van der Waals surface area contributed by atoms with Crippen molar-refractivity contribution >= 4 is 11.7 Å². The van der Waals surface area contributed by atoms with E-state index in [1.165, 1.54) is 0 Å². The lowest BCUT2D eigenvalue weighted by Gasteiger charge is -1.94. The van der Waals surface area contributed by atoms with Gasteiger partial charge in [0, 0.05) is 20.0 Å². The molecule has 0 heterocycles. The van der Waals surface area contributed by atoms with Crippen LogP contribution in [0.4, 0.5) is 0 Å². The van der Waals surface area contributed by atoms with Gasteiger partial charge in [0.05, 0.1) is 11.7 Å². The molecule has 10 heavy (non-hydrogen) atoms. The first kappa shape index (κ1) is 8.94. The summed E-state index contributed by atoms with van der Waals surface area (Å²) in [7, 11) is 1.66. The van der Waals surface area contributed by atoms with Crippen LogP contribution in [0.15, 0.2) is 9.98 Å². The van der Waals surface area contributed by atoms with Crippen LogP contribution >= 0.6 is 0 Å². The second-order valence-electron chi connectivity index (χ2n) is 1.99. The Balaban J connectivity index is 3.47. The molecule has 0 aliphatic rings. The van der Waals surface area contributed by atoms with E-state index in [1.807, 2.05) is 0 Å². The maximum atomic E-state index is 5.40. The molecule has 0 aromatic rings. The van der Waals surface area contributed by atoms with E-state index in [0.29, 0.717) is 24.6 Å². The zero-order valence-corrected chi connectivity index (χ0v) is 6.46. The molecular weight excluding hydrogens is 128 g/mol. The zero-order valence-electron chi connectivity index (χ0n) is 6.46. The number of aliphatic imine (C=N–C) groups is 2. The summed E-state index contributed by atoms with van der Waals surface area (Å²) in [6, 6.07) is 0. The highest BCUT2D eigenvalue weighted by molar-refractivity contribution is 5.81. The second-order valence-corrected chi connectivity index (χ2v) is 1.99. The molecule has 4 heteroatoms. The van der Waals surface area contributed by atoms with Gasteiger partial charge in [-0.05, 0) is 6.92 Å². The van der Waals surface area contributed by atoms with Gasteiger partial charge < -0.3 is 11.5 Å². The van der Waals surface area contributed by atoms with Crippen LogP contribution in [-0.4, -0.2) is 25.3 Å². The molecule has 4 nitrogen and oxygen atoms in total. The van der Waals surface area contributed by atoms with Gasteiger partial charge in [-0.2, -0.15) is 0 Å². The molecule has 0 fully saturated rings. The second kappa shape index (κ2) is 4.78. The van der Waals surface area contributed by atoms with Crippen LogP contribution in [0, 0.1) is 0 Å². The Labute approximate surface area is 61.0 Å². The summed E-state index contributed by atoms with van der Waals surface area (Å²) in [6.45, 7) is 2.38. The Morgan fingerprint density at radius 1 is 1.40 bits per heavy atom. The minimum absolute atomic E-state index is 0.587. The number of nitrogens with zero attached hydrogens (tertiary/aromatic N) is 2. The van der Waals surface area contributed by atoms with Crippen LogP contribution in [-0.2, 0) is 0 Å². The molecule has 0 spiro atoms. The lowest BCUT2D eigenvalue weighted by atomic mass is 10.4. The molecule has 58 valence electrons. The first-order valence-electron chi connectivity index (χ1n) is 3.14.